The molecular formula is C20H14Cl2N2O5. The average molecular weight is 433 g/mol. The number of aliphatic carboxylic acids is 2. The maximum absolute atomic E-state index is 12.6. The van der Waals surface area contributed by atoms with E-state index in [1.165, 1.54) is 31.2 Å². The highest BCUT2D eigenvalue weighted by Gasteiger charge is 2.48. The van der Waals surface area contributed by atoms with Crippen molar-refractivity contribution in [2.24, 2.45) is 4.99 Å². The molecule has 0 saturated carbocycles. The normalized spacial score (nSPS) is 17.7. The summed E-state index contributed by atoms with van der Waals surface area (Å²) in [6.45, 7) is 1.29. The minimum atomic E-state index is -2.04. The number of carbonyl (C=O) groups is 3. The fourth-order valence-electron chi connectivity index (χ4n) is 3.28. The van der Waals surface area contributed by atoms with Crippen LogP contribution in [0.5, 0.6) is 0 Å². The van der Waals surface area contributed by atoms with Crippen molar-refractivity contribution in [1.82, 2.24) is 0 Å². The highest BCUT2D eigenvalue weighted by atomic mass is 35.5. The molecule has 0 spiro atoms. The maximum Gasteiger partial charge on any atom is 0.341 e. The third kappa shape index (κ3) is 3.62. The van der Waals surface area contributed by atoms with Gasteiger partial charge in [-0.3, -0.25) is 9.79 Å². The van der Waals surface area contributed by atoms with Gasteiger partial charge in [0.15, 0.2) is 0 Å². The first-order valence-corrected chi connectivity index (χ1v) is 9.03. The molecule has 1 unspecified atom stereocenters. The second-order valence-electron chi connectivity index (χ2n) is 6.22. The number of hydrogen-bond donors (Lipinski definition) is 3. The van der Waals surface area contributed by atoms with Crippen LogP contribution in [0.2, 0.25) is 10.0 Å². The predicted molar refractivity (Wildman–Crippen MR) is 107 cm³/mol. The molecule has 0 bridgehead atoms. The second kappa shape index (κ2) is 7.69. The topological polar surface area (TPSA) is 116 Å². The van der Waals surface area contributed by atoms with Crippen LogP contribution in [-0.2, 0) is 19.9 Å². The van der Waals surface area contributed by atoms with Crippen LogP contribution in [0.4, 0.5) is 5.69 Å². The van der Waals surface area contributed by atoms with Gasteiger partial charge in [0.2, 0.25) is 11.4 Å². The number of nitrogens with zero attached hydrogens (tertiary/aromatic N) is 1. The summed E-state index contributed by atoms with van der Waals surface area (Å²) < 4.78 is 0. The Kier molecular flexibility index (Phi) is 5.46. The Balaban J connectivity index is 2.48. The maximum atomic E-state index is 12.6. The van der Waals surface area contributed by atoms with Crippen molar-refractivity contribution in [1.29, 1.82) is 0 Å². The van der Waals surface area contributed by atoms with Gasteiger partial charge in [0.25, 0.3) is 0 Å². The van der Waals surface area contributed by atoms with Gasteiger partial charge in [-0.25, -0.2) is 9.59 Å². The van der Waals surface area contributed by atoms with Crippen LogP contribution in [0.25, 0.3) is 5.57 Å². The van der Waals surface area contributed by atoms with E-state index in [2.05, 4.69) is 10.3 Å². The first kappa shape index (κ1) is 20.6. The van der Waals surface area contributed by atoms with Gasteiger partial charge in [0, 0.05) is 40.1 Å². The highest BCUT2D eigenvalue weighted by molar-refractivity contribution is 6.34. The summed E-state index contributed by atoms with van der Waals surface area (Å²) >= 11 is 12.4. The Hall–Kier alpha value is -3.16. The largest absolute Gasteiger partial charge is 0.479 e. The SMILES string of the molecule is CC(=O)Nc1ccccc1C1(C(=O)O)N=c2cc(Cl)cc(Cl)c2=C1C=CC(=O)O. The van der Waals surface area contributed by atoms with Gasteiger partial charge in [-0.2, -0.15) is 0 Å². The molecule has 0 radical (unpaired) electrons. The van der Waals surface area contributed by atoms with E-state index in [-0.39, 0.29) is 37.4 Å². The lowest BCUT2D eigenvalue weighted by Gasteiger charge is -2.27. The van der Waals surface area contributed by atoms with Crippen LogP contribution in [0.3, 0.4) is 0 Å². The van der Waals surface area contributed by atoms with Crippen molar-refractivity contribution in [2.75, 3.05) is 5.32 Å². The monoisotopic (exact) mass is 432 g/mol. The molecule has 3 rings (SSSR count). The first-order valence-electron chi connectivity index (χ1n) is 8.28. The first-order chi connectivity index (χ1) is 13.7. The third-order valence-corrected chi connectivity index (χ3v) is 4.83. The number of hydrogen-bond acceptors (Lipinski definition) is 4. The van der Waals surface area contributed by atoms with Crippen LogP contribution in [0, 0.1) is 0 Å². The minimum absolute atomic E-state index is 0.0434. The molecule has 1 atom stereocenters. The van der Waals surface area contributed by atoms with Gasteiger partial charge in [-0.1, -0.05) is 41.4 Å². The summed E-state index contributed by atoms with van der Waals surface area (Å²) in [5.74, 6) is -3.05. The molecule has 0 aromatic heterocycles. The predicted octanol–water partition coefficient (Wildman–Crippen LogP) is 2.36. The molecule has 9 heteroatoms. The van der Waals surface area contributed by atoms with Crippen molar-refractivity contribution in [3.63, 3.8) is 0 Å². The zero-order valence-corrected chi connectivity index (χ0v) is 16.5. The van der Waals surface area contributed by atoms with Crippen LogP contribution < -0.4 is 15.9 Å². The van der Waals surface area contributed by atoms with Gasteiger partial charge in [-0.05, 0) is 24.3 Å². The Morgan fingerprint density at radius 2 is 1.83 bits per heavy atom. The van der Waals surface area contributed by atoms with Crippen molar-refractivity contribution in [3.05, 3.63) is 74.7 Å². The zero-order chi connectivity index (χ0) is 21.3. The standard InChI is InChI=1S/C20H14Cl2N2O5/c1-10(25)23-15-5-3-2-4-12(15)20(19(28)29)13(6-7-17(26)27)18-14(22)8-11(21)9-16(18)24-20/h2-9H,1H3,(H,23,25)(H,26,27)(H,28,29). The van der Waals surface area contributed by atoms with Gasteiger partial charge < -0.3 is 15.5 Å². The summed E-state index contributed by atoms with van der Waals surface area (Å²) in [6.07, 6.45) is 1.96. The Labute approximate surface area is 174 Å². The van der Waals surface area contributed by atoms with Gasteiger partial charge in [0.1, 0.15) is 0 Å². The minimum Gasteiger partial charge on any atom is -0.479 e. The summed E-state index contributed by atoms with van der Waals surface area (Å²) in [6, 6.07) is 9.12. The van der Waals surface area contributed by atoms with Gasteiger partial charge in [0.05, 0.1) is 10.4 Å². The molecule has 2 aromatic carbocycles. The number of halogens is 2. The number of carboxylic acid groups (broad SMARTS) is 2. The number of carbonyl (C=O) groups excluding carboxylic acids is 1. The van der Waals surface area contributed by atoms with Crippen molar-refractivity contribution in [2.45, 2.75) is 12.5 Å². The lowest BCUT2D eigenvalue weighted by atomic mass is 9.82. The average Bonchev–Trinajstić information content (AvgIpc) is 2.95. The Bertz CT molecular complexity index is 1210. The fourth-order valence-corrected chi connectivity index (χ4v) is 3.86. The number of anilines is 1. The van der Waals surface area contributed by atoms with E-state index in [9.17, 15) is 19.5 Å². The number of para-hydroxylation sites is 1. The van der Waals surface area contributed by atoms with E-state index in [1.807, 2.05) is 0 Å². The molecule has 0 fully saturated rings. The molecule has 7 nitrogen and oxygen atoms in total. The van der Waals surface area contributed by atoms with Crippen LogP contribution in [0.15, 0.2) is 53.5 Å². The second-order valence-corrected chi connectivity index (χ2v) is 7.06. The third-order valence-electron chi connectivity index (χ3n) is 4.31. The molecule has 1 amide bonds. The lowest BCUT2D eigenvalue weighted by Crippen LogP contribution is -2.35. The molecule has 2 aromatic rings. The molecule has 3 N–H and O–H groups in total. The number of carboxylic acids is 2. The molecular weight excluding hydrogens is 419 g/mol. The Morgan fingerprint density at radius 1 is 1.14 bits per heavy atom. The number of benzene rings is 2. The molecule has 1 aliphatic heterocycles. The van der Waals surface area contributed by atoms with E-state index in [0.717, 1.165) is 12.2 Å². The van der Waals surface area contributed by atoms with Gasteiger partial charge in [-0.15, -0.1) is 0 Å². The van der Waals surface area contributed by atoms with Gasteiger partial charge >= 0.3 is 11.9 Å². The van der Waals surface area contributed by atoms with E-state index < -0.39 is 23.4 Å². The zero-order valence-electron chi connectivity index (χ0n) is 14.9. The molecule has 29 heavy (non-hydrogen) atoms. The lowest BCUT2D eigenvalue weighted by molar-refractivity contribution is -0.141. The van der Waals surface area contributed by atoms with Crippen LogP contribution >= 0.6 is 23.2 Å². The quantitative estimate of drug-likeness (QED) is 0.627. The van der Waals surface area contributed by atoms with E-state index in [4.69, 9.17) is 28.3 Å². The Morgan fingerprint density at radius 3 is 2.45 bits per heavy atom. The summed E-state index contributed by atoms with van der Waals surface area (Å²) in [7, 11) is 0. The van der Waals surface area contributed by atoms with E-state index >= 15 is 0 Å². The van der Waals surface area contributed by atoms with E-state index in [1.54, 1.807) is 12.1 Å². The molecule has 0 aliphatic carbocycles. The summed E-state index contributed by atoms with van der Waals surface area (Å²) in [5, 5.41) is 22.8. The smallest absolute Gasteiger partial charge is 0.341 e. The summed E-state index contributed by atoms with van der Waals surface area (Å²) in [4.78, 5) is 39.8. The number of amides is 1. The number of fused-ring (bicyclic) bond motifs is 1. The van der Waals surface area contributed by atoms with Crippen LogP contribution in [0.1, 0.15) is 12.5 Å². The summed E-state index contributed by atoms with van der Waals surface area (Å²) in [5.41, 5.74) is -1.62. The number of rotatable bonds is 5. The molecule has 1 heterocycles. The highest BCUT2D eigenvalue weighted by Crippen LogP contribution is 2.41. The van der Waals surface area contributed by atoms with E-state index in [0.29, 0.717) is 0 Å². The fraction of sp³-hybridized carbons (Fsp3) is 0.100. The molecule has 0 saturated heterocycles. The van der Waals surface area contributed by atoms with Crippen molar-refractivity contribution >= 4 is 52.3 Å². The molecule has 148 valence electrons. The number of nitrogens with one attached hydrogen (secondary N) is 1. The van der Waals surface area contributed by atoms with Crippen molar-refractivity contribution < 1.29 is 24.6 Å². The van der Waals surface area contributed by atoms with Crippen molar-refractivity contribution in [3.8, 4) is 0 Å². The molecule has 1 aliphatic rings. The van der Waals surface area contributed by atoms with Crippen LogP contribution in [-0.4, -0.2) is 28.1 Å².